The van der Waals surface area contributed by atoms with E-state index in [0.717, 1.165) is 5.69 Å². The van der Waals surface area contributed by atoms with E-state index in [0.29, 0.717) is 0 Å². The maximum absolute atomic E-state index is 2.70. The number of fused-ring (bicyclic) bond motifs is 10. The highest BCUT2D eigenvalue weighted by Gasteiger charge is 2.46. The molecule has 77 heavy (non-hydrogen) atoms. The van der Waals surface area contributed by atoms with Gasteiger partial charge in [0.1, 0.15) is 0 Å². The van der Waals surface area contributed by atoms with E-state index in [1.807, 2.05) is 0 Å². The summed E-state index contributed by atoms with van der Waals surface area (Å²) >= 11 is 0. The number of aryl methyl sites for hydroxylation is 4. The average molecular weight is 1000 g/mol. The molecule has 0 atom stereocenters. The molecule has 0 fully saturated rings. The van der Waals surface area contributed by atoms with Gasteiger partial charge in [0.05, 0.1) is 22.4 Å². The molecule has 0 bridgehead atoms. The number of hydrogen-bond acceptors (Lipinski definition) is 2. The third kappa shape index (κ3) is 7.30. The van der Waals surface area contributed by atoms with Gasteiger partial charge in [0.2, 0.25) is 0 Å². The van der Waals surface area contributed by atoms with E-state index < -0.39 is 0 Å². The molecule has 10 aromatic rings. The number of benzene rings is 9. The lowest BCUT2D eigenvalue weighted by Gasteiger charge is -2.46. The standard InChI is InChI=1S/C73H72BN3/c1-43-34-47(52-28-23-30-57-66(52)54-27-19-21-29-56(54)73(57,14)15)35-44(2)68(43)76-62-38-48(70(5,6)7)32-33-58(62)74-59-41-55-53-26-20-22-31-60(53)75(51-24-17-16-18-25-51)61(55)42-63(59)77(65-40-50(72(11,12)13)39-64(76)67(65)74)69-45(3)36-49(37-46(69)4)71(8,9)10/h16-42H,1-15H3. The van der Waals surface area contributed by atoms with Crippen molar-refractivity contribution >= 4 is 79.0 Å². The van der Waals surface area contributed by atoms with Crippen LogP contribution in [0, 0.1) is 27.7 Å². The normalized spacial score (nSPS) is 14.5. The van der Waals surface area contributed by atoms with E-state index in [-0.39, 0.29) is 28.4 Å². The summed E-state index contributed by atoms with van der Waals surface area (Å²) in [6, 6.07) is 63.6. The number of para-hydroxylation sites is 2. The van der Waals surface area contributed by atoms with Gasteiger partial charge in [0.25, 0.3) is 6.71 Å². The van der Waals surface area contributed by atoms with E-state index in [9.17, 15) is 0 Å². The Balaban J connectivity index is 1.14. The van der Waals surface area contributed by atoms with Crippen LogP contribution in [-0.2, 0) is 21.7 Å². The van der Waals surface area contributed by atoms with Crippen molar-refractivity contribution in [3.8, 4) is 27.9 Å². The van der Waals surface area contributed by atoms with E-state index in [2.05, 4.69) is 282 Å². The van der Waals surface area contributed by atoms with Crippen molar-refractivity contribution in [2.24, 2.45) is 0 Å². The zero-order valence-electron chi connectivity index (χ0n) is 48.0. The fourth-order valence-corrected chi connectivity index (χ4v) is 13.9. The van der Waals surface area contributed by atoms with Gasteiger partial charge in [-0.3, -0.25) is 0 Å². The number of hydrogen-bond donors (Lipinski definition) is 0. The molecule has 0 unspecified atom stereocenters. The summed E-state index contributed by atoms with van der Waals surface area (Å²) in [7, 11) is 0. The van der Waals surface area contributed by atoms with Crippen molar-refractivity contribution in [3.05, 3.63) is 214 Å². The van der Waals surface area contributed by atoms with Crippen LogP contribution in [0.5, 0.6) is 0 Å². The van der Waals surface area contributed by atoms with Crippen molar-refractivity contribution in [2.75, 3.05) is 9.80 Å². The highest BCUT2D eigenvalue weighted by molar-refractivity contribution is 7.00. The largest absolute Gasteiger partial charge is 0.311 e. The Morgan fingerprint density at radius 1 is 0.403 bits per heavy atom. The maximum atomic E-state index is 2.70. The molecule has 0 saturated heterocycles. The van der Waals surface area contributed by atoms with Crippen LogP contribution >= 0.6 is 0 Å². The van der Waals surface area contributed by atoms with Crippen molar-refractivity contribution in [1.82, 2.24) is 4.57 Å². The molecule has 0 N–H and O–H groups in total. The molecule has 4 heteroatoms. The summed E-state index contributed by atoms with van der Waals surface area (Å²) in [4.78, 5) is 5.39. The lowest BCUT2D eigenvalue weighted by Crippen LogP contribution is -2.61. The Morgan fingerprint density at radius 3 is 1.56 bits per heavy atom. The molecule has 1 aromatic heterocycles. The molecule has 382 valence electrons. The molecule has 3 nitrogen and oxygen atoms in total. The first kappa shape index (κ1) is 49.0. The van der Waals surface area contributed by atoms with Gasteiger partial charge in [-0.05, 0) is 187 Å². The van der Waals surface area contributed by atoms with Gasteiger partial charge < -0.3 is 14.4 Å². The van der Waals surface area contributed by atoms with Gasteiger partial charge in [-0.15, -0.1) is 0 Å². The summed E-state index contributed by atoms with van der Waals surface area (Å²) < 4.78 is 2.49. The monoisotopic (exact) mass is 1000 g/mol. The maximum Gasteiger partial charge on any atom is 0.252 e. The molecule has 0 amide bonds. The topological polar surface area (TPSA) is 11.4 Å². The zero-order valence-corrected chi connectivity index (χ0v) is 48.0. The Bertz CT molecular complexity index is 4080. The molecule has 3 heterocycles. The highest BCUT2D eigenvalue weighted by Crippen LogP contribution is 2.54. The van der Waals surface area contributed by atoms with Gasteiger partial charge in [-0.2, -0.15) is 0 Å². The zero-order chi connectivity index (χ0) is 54.0. The third-order valence-electron chi connectivity index (χ3n) is 17.8. The summed E-state index contributed by atoms with van der Waals surface area (Å²) in [5, 5.41) is 2.53. The second-order valence-electron chi connectivity index (χ2n) is 26.5. The van der Waals surface area contributed by atoms with E-state index in [1.54, 1.807) is 0 Å². The number of nitrogens with zero attached hydrogens (tertiary/aromatic N) is 3. The summed E-state index contributed by atoms with van der Waals surface area (Å²) in [5.74, 6) is 0. The smallest absolute Gasteiger partial charge is 0.252 e. The molecule has 0 saturated carbocycles. The summed E-state index contributed by atoms with van der Waals surface area (Å²) in [6.45, 7) is 35.4. The lowest BCUT2D eigenvalue weighted by molar-refractivity contribution is 0.589. The Labute approximate surface area is 458 Å². The van der Waals surface area contributed by atoms with Crippen LogP contribution in [-0.4, -0.2) is 11.3 Å². The third-order valence-corrected chi connectivity index (χ3v) is 17.8. The van der Waals surface area contributed by atoms with Crippen LogP contribution in [0.4, 0.5) is 34.1 Å². The van der Waals surface area contributed by atoms with Gasteiger partial charge >= 0.3 is 0 Å². The van der Waals surface area contributed by atoms with Crippen LogP contribution in [0.15, 0.2) is 164 Å². The lowest BCUT2D eigenvalue weighted by atomic mass is 9.33. The van der Waals surface area contributed by atoms with Crippen molar-refractivity contribution in [3.63, 3.8) is 0 Å². The van der Waals surface area contributed by atoms with Gasteiger partial charge in [0, 0.05) is 44.6 Å². The predicted molar refractivity (Wildman–Crippen MR) is 333 cm³/mol. The van der Waals surface area contributed by atoms with Crippen LogP contribution in [0.2, 0.25) is 0 Å². The fourth-order valence-electron chi connectivity index (χ4n) is 13.9. The van der Waals surface area contributed by atoms with Crippen molar-refractivity contribution in [1.29, 1.82) is 0 Å². The molecular formula is C73H72BN3. The number of anilines is 6. The van der Waals surface area contributed by atoms with Crippen LogP contribution in [0.1, 0.15) is 126 Å². The van der Waals surface area contributed by atoms with Crippen molar-refractivity contribution in [2.45, 2.75) is 126 Å². The molecule has 3 aliphatic rings. The Morgan fingerprint density at radius 2 is 0.922 bits per heavy atom. The second kappa shape index (κ2) is 16.7. The molecule has 0 spiro atoms. The van der Waals surface area contributed by atoms with Gasteiger partial charge in [-0.25, -0.2) is 0 Å². The SMILES string of the molecule is Cc1cc(-c2cccc3c2-c2ccccc2C3(C)C)cc(C)c1N1c2cc(C(C)(C)C)ccc2B2c3cc4c5ccccc5n(-c5ccccc5)c4cc3N(c3c(C)cc(C(C)(C)C)cc3C)c3cc(C(C)(C)C)cc1c32. The van der Waals surface area contributed by atoms with Gasteiger partial charge in [0.15, 0.2) is 0 Å². The average Bonchev–Trinajstić information content (AvgIpc) is 4.03. The Kier molecular flexibility index (Phi) is 10.7. The van der Waals surface area contributed by atoms with Crippen LogP contribution in [0.25, 0.3) is 49.7 Å². The summed E-state index contributed by atoms with van der Waals surface area (Å²) in [5.41, 5.74) is 32.0. The first-order chi connectivity index (χ1) is 36.5. The minimum atomic E-state index is -0.165. The fraction of sp³-hybridized carbons (Fsp3) is 0.260. The minimum absolute atomic E-state index is 0.00389. The quantitative estimate of drug-likeness (QED) is 0.163. The molecular weight excluding hydrogens is 930 g/mol. The molecule has 1 aliphatic carbocycles. The van der Waals surface area contributed by atoms with Crippen LogP contribution < -0.4 is 26.2 Å². The van der Waals surface area contributed by atoms with Crippen molar-refractivity contribution < 1.29 is 0 Å². The van der Waals surface area contributed by atoms with E-state index >= 15 is 0 Å². The molecule has 9 aromatic carbocycles. The molecule has 2 aliphatic heterocycles. The van der Waals surface area contributed by atoms with Gasteiger partial charge in [-0.1, -0.05) is 185 Å². The first-order valence-electron chi connectivity index (χ1n) is 28.0. The van der Waals surface area contributed by atoms with E-state index in [4.69, 9.17) is 0 Å². The Hall–Kier alpha value is -7.56. The van der Waals surface area contributed by atoms with E-state index in [1.165, 1.54) is 145 Å². The highest BCUT2D eigenvalue weighted by atomic mass is 15.2. The second-order valence-corrected chi connectivity index (χ2v) is 26.5. The predicted octanol–water partition coefficient (Wildman–Crippen LogP) is 18.0. The first-order valence-corrected chi connectivity index (χ1v) is 28.0. The minimum Gasteiger partial charge on any atom is -0.311 e. The molecule has 13 rings (SSSR count). The number of aromatic nitrogens is 1. The van der Waals surface area contributed by atoms with Crippen LogP contribution in [0.3, 0.4) is 0 Å². The molecule has 0 radical (unpaired) electrons. The summed E-state index contributed by atoms with van der Waals surface area (Å²) in [6.07, 6.45) is 0. The number of rotatable bonds is 4.